The second-order valence-electron chi connectivity index (χ2n) is 10.2. The predicted octanol–water partition coefficient (Wildman–Crippen LogP) is 7.09. The molecule has 0 aromatic heterocycles. The van der Waals surface area contributed by atoms with E-state index in [-0.39, 0.29) is 17.5 Å². The van der Waals surface area contributed by atoms with Gasteiger partial charge in [-0.05, 0) is 96.8 Å². The molecule has 37 heavy (non-hydrogen) atoms. The first-order valence-corrected chi connectivity index (χ1v) is 14.0. The lowest BCUT2D eigenvalue weighted by Gasteiger charge is -2.42. The average molecular weight is 565 g/mol. The first-order valence-electron chi connectivity index (χ1n) is 13.2. The maximum atomic E-state index is 13.3. The molecule has 194 valence electrons. The summed E-state index contributed by atoms with van der Waals surface area (Å²) < 4.78 is 13.1. The van der Waals surface area contributed by atoms with E-state index in [0.29, 0.717) is 37.6 Å². The van der Waals surface area contributed by atoms with Crippen molar-refractivity contribution < 1.29 is 19.1 Å². The van der Waals surface area contributed by atoms with E-state index >= 15 is 0 Å². The van der Waals surface area contributed by atoms with E-state index in [1.807, 2.05) is 26.1 Å². The van der Waals surface area contributed by atoms with Crippen LogP contribution in [0.5, 0.6) is 11.5 Å². The minimum Gasteiger partial charge on any atom is -0.490 e. The largest absolute Gasteiger partial charge is 0.490 e. The summed E-state index contributed by atoms with van der Waals surface area (Å²) in [6.45, 7) is 7.03. The van der Waals surface area contributed by atoms with Gasteiger partial charge in [0, 0.05) is 48.3 Å². The maximum absolute atomic E-state index is 13.3. The summed E-state index contributed by atoms with van der Waals surface area (Å²) in [7, 11) is 2.02. The first kappa shape index (κ1) is 25.8. The predicted molar refractivity (Wildman–Crippen MR) is 148 cm³/mol. The van der Waals surface area contributed by atoms with Crippen molar-refractivity contribution in [1.82, 2.24) is 4.90 Å². The van der Waals surface area contributed by atoms with Crippen LogP contribution in [0.4, 0.5) is 0 Å². The van der Waals surface area contributed by atoms with Crippen LogP contribution in [0.1, 0.15) is 73.6 Å². The molecule has 5 rings (SSSR count). The number of ketones is 2. The fraction of sp³-hybridized carbons (Fsp3) is 0.419. The Hall–Kier alpha value is -2.86. The van der Waals surface area contributed by atoms with Crippen LogP contribution in [0.3, 0.4) is 0 Å². The lowest BCUT2D eigenvalue weighted by atomic mass is 9.71. The molecule has 2 aromatic rings. The highest BCUT2D eigenvalue weighted by Crippen LogP contribution is 2.50. The van der Waals surface area contributed by atoms with Gasteiger partial charge in [0.15, 0.2) is 23.1 Å². The summed E-state index contributed by atoms with van der Waals surface area (Å²) >= 11 is 3.74. The Kier molecular flexibility index (Phi) is 7.30. The van der Waals surface area contributed by atoms with Crippen LogP contribution in [0, 0.1) is 13.8 Å². The molecular weight excluding hydrogens is 530 g/mol. The van der Waals surface area contributed by atoms with Gasteiger partial charge >= 0.3 is 0 Å². The summed E-state index contributed by atoms with van der Waals surface area (Å²) in [6, 6.07) is 10.3. The minimum absolute atomic E-state index is 0.146. The van der Waals surface area contributed by atoms with E-state index in [0.717, 1.165) is 63.8 Å². The van der Waals surface area contributed by atoms with E-state index in [1.54, 1.807) is 0 Å². The smallest absolute Gasteiger partial charge is 0.175 e. The second kappa shape index (κ2) is 10.5. The van der Waals surface area contributed by atoms with Gasteiger partial charge in [-0.1, -0.05) is 18.2 Å². The van der Waals surface area contributed by atoms with Crippen molar-refractivity contribution in [3.05, 3.63) is 79.6 Å². The molecule has 1 aliphatic heterocycles. The van der Waals surface area contributed by atoms with Gasteiger partial charge in [-0.15, -0.1) is 0 Å². The fourth-order valence-electron chi connectivity index (χ4n) is 5.89. The van der Waals surface area contributed by atoms with Crippen molar-refractivity contribution in [2.45, 2.75) is 71.8 Å². The van der Waals surface area contributed by atoms with Crippen molar-refractivity contribution in [2.75, 3.05) is 13.7 Å². The number of carbonyl (C=O) groups is 2. The van der Waals surface area contributed by atoms with Crippen LogP contribution in [-0.2, 0) is 16.2 Å². The van der Waals surface area contributed by atoms with E-state index in [1.165, 1.54) is 11.1 Å². The quantitative estimate of drug-likeness (QED) is 0.375. The summed E-state index contributed by atoms with van der Waals surface area (Å²) in [5.41, 5.74) is 8.15. The molecule has 0 spiro atoms. The highest BCUT2D eigenvalue weighted by atomic mass is 79.9. The van der Waals surface area contributed by atoms with E-state index in [9.17, 15) is 9.59 Å². The van der Waals surface area contributed by atoms with Crippen LogP contribution in [0.15, 0.2) is 57.3 Å². The van der Waals surface area contributed by atoms with Crippen molar-refractivity contribution in [1.29, 1.82) is 0 Å². The van der Waals surface area contributed by atoms with Gasteiger partial charge < -0.3 is 14.4 Å². The highest BCUT2D eigenvalue weighted by molar-refractivity contribution is 9.10. The van der Waals surface area contributed by atoms with Gasteiger partial charge in [0.05, 0.1) is 11.1 Å². The van der Waals surface area contributed by atoms with E-state index < -0.39 is 0 Å². The Labute approximate surface area is 227 Å². The molecule has 2 aliphatic carbocycles. The van der Waals surface area contributed by atoms with Crippen LogP contribution in [0.25, 0.3) is 0 Å². The number of carbonyl (C=O) groups excluding carboxylic acids is 2. The number of allylic oxidation sites excluding steroid dienone is 4. The molecule has 0 radical (unpaired) electrons. The number of Topliss-reactive ketones (excluding diaryl/α,β-unsaturated/α-hetero) is 2. The van der Waals surface area contributed by atoms with Crippen molar-refractivity contribution in [3.8, 4) is 11.5 Å². The highest BCUT2D eigenvalue weighted by Gasteiger charge is 2.42. The fourth-order valence-corrected chi connectivity index (χ4v) is 6.47. The van der Waals surface area contributed by atoms with Crippen molar-refractivity contribution in [3.63, 3.8) is 0 Å². The first-order chi connectivity index (χ1) is 17.8. The Balaban J connectivity index is 1.58. The molecule has 0 saturated heterocycles. The summed E-state index contributed by atoms with van der Waals surface area (Å²) in [6.07, 6.45) is 4.47. The Bertz CT molecular complexity index is 1290. The lowest BCUT2D eigenvalue weighted by Crippen LogP contribution is -2.37. The second-order valence-corrected chi connectivity index (χ2v) is 11.1. The summed E-state index contributed by atoms with van der Waals surface area (Å²) in [4.78, 5) is 28.8. The van der Waals surface area contributed by atoms with Gasteiger partial charge in [-0.2, -0.15) is 0 Å². The molecule has 0 amide bonds. The zero-order valence-corrected chi connectivity index (χ0v) is 23.7. The topological polar surface area (TPSA) is 55.8 Å². The molecule has 3 aliphatic rings. The molecule has 0 bridgehead atoms. The number of rotatable bonds is 6. The molecule has 2 aromatic carbocycles. The molecule has 0 saturated carbocycles. The van der Waals surface area contributed by atoms with Gasteiger partial charge in [0.2, 0.25) is 0 Å². The molecule has 0 atom stereocenters. The molecule has 0 fully saturated rings. The molecule has 5 nitrogen and oxygen atoms in total. The van der Waals surface area contributed by atoms with Gasteiger partial charge in [0.25, 0.3) is 0 Å². The normalized spacial score (nSPS) is 18.2. The van der Waals surface area contributed by atoms with Crippen LogP contribution in [0.2, 0.25) is 0 Å². The number of ether oxygens (including phenoxy) is 2. The SMILES string of the molecule is CCOc1cc(C2C3=C(CCCC3=O)N(C)C3=C2C(=O)CCC3)cc(Br)c1OCc1ccc(C)c(C)c1. The Morgan fingerprint density at radius 3 is 2.14 bits per heavy atom. The average Bonchev–Trinajstić information content (AvgIpc) is 2.87. The lowest BCUT2D eigenvalue weighted by molar-refractivity contribution is -0.117. The third-order valence-electron chi connectivity index (χ3n) is 7.86. The van der Waals surface area contributed by atoms with Crippen LogP contribution in [-0.4, -0.2) is 30.1 Å². The minimum atomic E-state index is -0.369. The molecule has 0 unspecified atom stereocenters. The third kappa shape index (κ3) is 4.76. The van der Waals surface area contributed by atoms with Crippen molar-refractivity contribution in [2.24, 2.45) is 0 Å². The maximum Gasteiger partial charge on any atom is 0.175 e. The summed E-state index contributed by atoms with van der Waals surface area (Å²) in [5, 5.41) is 0. The van der Waals surface area contributed by atoms with Crippen molar-refractivity contribution >= 4 is 27.5 Å². The Morgan fingerprint density at radius 2 is 1.54 bits per heavy atom. The van der Waals surface area contributed by atoms with E-state index in [2.05, 4.69) is 52.9 Å². The van der Waals surface area contributed by atoms with Crippen LogP contribution >= 0.6 is 15.9 Å². The standard InChI is InChI=1S/C31H34BrNO4/c1-5-36-27-16-21(15-22(32)31(27)37-17-20-13-12-18(2)19(3)14-20)28-29-23(8-6-10-25(29)34)33(4)24-9-7-11-26(35)30(24)28/h12-16,28H,5-11,17H2,1-4H3. The number of benzene rings is 2. The number of aryl methyl sites for hydroxylation is 2. The molecule has 0 N–H and O–H groups in total. The Morgan fingerprint density at radius 1 is 0.892 bits per heavy atom. The number of hydrogen-bond donors (Lipinski definition) is 0. The summed E-state index contributed by atoms with van der Waals surface area (Å²) in [5.74, 6) is 1.17. The number of hydrogen-bond acceptors (Lipinski definition) is 5. The van der Waals surface area contributed by atoms with E-state index in [4.69, 9.17) is 9.47 Å². The molecule has 6 heteroatoms. The molecular formula is C31H34BrNO4. The zero-order chi connectivity index (χ0) is 26.3. The number of nitrogens with zero attached hydrogens (tertiary/aromatic N) is 1. The zero-order valence-electron chi connectivity index (χ0n) is 22.1. The molecule has 1 heterocycles. The van der Waals surface area contributed by atoms with Gasteiger partial charge in [0.1, 0.15) is 6.61 Å². The van der Waals surface area contributed by atoms with Gasteiger partial charge in [-0.25, -0.2) is 0 Å². The monoisotopic (exact) mass is 563 g/mol. The van der Waals surface area contributed by atoms with Gasteiger partial charge in [-0.3, -0.25) is 9.59 Å². The van der Waals surface area contributed by atoms with Crippen LogP contribution < -0.4 is 9.47 Å². The third-order valence-corrected chi connectivity index (χ3v) is 8.45. The number of halogens is 1.